The van der Waals surface area contributed by atoms with Crippen molar-refractivity contribution in [3.63, 3.8) is 0 Å². The van der Waals surface area contributed by atoms with E-state index < -0.39 is 12.1 Å². The zero-order chi connectivity index (χ0) is 15.5. The number of aliphatic hydroxyl groups is 1. The second kappa shape index (κ2) is 10.0. The number of likely N-dealkylation sites (tertiary alicyclic amines) is 1. The van der Waals surface area contributed by atoms with Crippen molar-refractivity contribution in [2.45, 2.75) is 45.1 Å². The van der Waals surface area contributed by atoms with Crippen LogP contribution in [0.5, 0.6) is 0 Å². The number of nitriles is 1. The molecule has 0 radical (unpaired) electrons. The minimum atomic E-state index is -0.684. The number of hydrogen-bond acceptors (Lipinski definition) is 5. The van der Waals surface area contributed by atoms with Gasteiger partial charge in [-0.3, -0.25) is 0 Å². The Morgan fingerprint density at radius 1 is 1.43 bits per heavy atom. The Balaban J connectivity index is 2.44. The van der Waals surface area contributed by atoms with E-state index in [0.29, 0.717) is 6.42 Å². The van der Waals surface area contributed by atoms with E-state index in [4.69, 9.17) is 10.00 Å². The van der Waals surface area contributed by atoms with E-state index in [1.807, 2.05) is 19.2 Å². The largest absolute Gasteiger partial charge is 0.459 e. The summed E-state index contributed by atoms with van der Waals surface area (Å²) in [5.41, 5.74) is -0.0491. The Labute approximate surface area is 126 Å². The van der Waals surface area contributed by atoms with Crippen LogP contribution in [0.25, 0.3) is 0 Å². The van der Waals surface area contributed by atoms with Crippen molar-refractivity contribution < 1.29 is 14.6 Å². The Kier molecular flexibility index (Phi) is 8.22. The smallest absolute Gasteiger partial charge is 0.348 e. The number of aliphatic hydroxyl groups excluding tert-OH is 1. The first-order chi connectivity index (χ1) is 10.2. The number of nitrogens with zero attached hydrogens (tertiary/aromatic N) is 2. The normalized spacial score (nSPS) is 17.6. The topological polar surface area (TPSA) is 73.6 Å². The summed E-state index contributed by atoms with van der Waals surface area (Å²) >= 11 is 0. The van der Waals surface area contributed by atoms with Crippen LogP contribution in [0.15, 0.2) is 23.9 Å². The average Bonchev–Trinajstić information content (AvgIpc) is 2.50. The molecule has 0 aromatic carbocycles. The molecule has 1 atom stereocenters. The van der Waals surface area contributed by atoms with E-state index in [0.717, 1.165) is 19.5 Å². The lowest BCUT2D eigenvalue weighted by Gasteiger charge is -2.24. The van der Waals surface area contributed by atoms with Crippen LogP contribution in [0, 0.1) is 11.3 Å². The fourth-order valence-corrected chi connectivity index (χ4v) is 2.15. The zero-order valence-electron chi connectivity index (χ0n) is 12.6. The minimum absolute atomic E-state index is 0.0491. The van der Waals surface area contributed by atoms with Gasteiger partial charge in [-0.2, -0.15) is 5.26 Å². The van der Waals surface area contributed by atoms with E-state index in [1.165, 1.54) is 25.3 Å². The van der Waals surface area contributed by atoms with Crippen LogP contribution in [0.2, 0.25) is 0 Å². The number of esters is 1. The van der Waals surface area contributed by atoms with E-state index in [2.05, 4.69) is 4.90 Å². The number of carbonyl (C=O) groups excluding carboxylic acids is 1. The molecular weight excluding hydrogens is 268 g/mol. The van der Waals surface area contributed by atoms with Crippen molar-refractivity contribution in [1.29, 1.82) is 5.26 Å². The van der Waals surface area contributed by atoms with Crippen molar-refractivity contribution in [3.8, 4) is 6.07 Å². The van der Waals surface area contributed by atoms with Gasteiger partial charge in [0.25, 0.3) is 0 Å². The second-order valence-corrected chi connectivity index (χ2v) is 5.17. The summed E-state index contributed by atoms with van der Waals surface area (Å²) in [5.74, 6) is -0.684. The highest BCUT2D eigenvalue weighted by Crippen LogP contribution is 2.09. The highest BCUT2D eigenvalue weighted by atomic mass is 16.5. The van der Waals surface area contributed by atoms with Crippen molar-refractivity contribution in [2.75, 3.05) is 19.7 Å². The number of carbonyl (C=O) groups is 1. The molecule has 1 heterocycles. The Morgan fingerprint density at radius 2 is 2.14 bits per heavy atom. The lowest BCUT2D eigenvalue weighted by Crippen LogP contribution is -2.24. The third-order valence-electron chi connectivity index (χ3n) is 3.32. The summed E-state index contributed by atoms with van der Waals surface area (Å²) in [6.07, 6.45) is 9.41. The maximum absolute atomic E-state index is 11.7. The number of hydrogen-bond donors (Lipinski definition) is 1. The van der Waals surface area contributed by atoms with Crippen molar-refractivity contribution >= 4 is 5.97 Å². The van der Waals surface area contributed by atoms with Crippen LogP contribution < -0.4 is 0 Å². The van der Waals surface area contributed by atoms with Gasteiger partial charge in [-0.25, -0.2) is 4.79 Å². The Morgan fingerprint density at radius 3 is 2.76 bits per heavy atom. The summed E-state index contributed by atoms with van der Waals surface area (Å²) in [6, 6.07) is 1.83. The van der Waals surface area contributed by atoms with Crippen LogP contribution >= 0.6 is 0 Å². The van der Waals surface area contributed by atoms with Crippen molar-refractivity contribution in [3.05, 3.63) is 23.9 Å². The summed E-state index contributed by atoms with van der Waals surface area (Å²) in [7, 11) is 0. The molecule has 1 aliphatic rings. The lowest BCUT2D eigenvalue weighted by atomic mass is 10.1. The van der Waals surface area contributed by atoms with Crippen LogP contribution in [0.3, 0.4) is 0 Å². The predicted octanol–water partition coefficient (Wildman–Crippen LogP) is 2.14. The molecule has 116 valence electrons. The standard InChI is InChI=1S/C16H24N2O3/c1-2-7-15(19)13-21-16(20)14(12-17)8-6-11-18-9-4-3-5-10-18/h6,8,11,15,19H,2-5,7,9-10,13H2,1H3/b11-6+,14-8+. The first-order valence-corrected chi connectivity index (χ1v) is 7.55. The van der Waals surface area contributed by atoms with E-state index >= 15 is 0 Å². The van der Waals surface area contributed by atoms with Gasteiger partial charge >= 0.3 is 5.97 Å². The van der Waals surface area contributed by atoms with E-state index in [-0.39, 0.29) is 12.2 Å². The monoisotopic (exact) mass is 292 g/mol. The molecule has 1 saturated heterocycles. The summed E-state index contributed by atoms with van der Waals surface area (Å²) in [5, 5.41) is 18.5. The number of ether oxygens (including phenoxy) is 1. The van der Waals surface area contributed by atoms with E-state index in [9.17, 15) is 9.90 Å². The van der Waals surface area contributed by atoms with Crippen LogP contribution in [0.1, 0.15) is 39.0 Å². The molecule has 1 rings (SSSR count). The van der Waals surface area contributed by atoms with Crippen LogP contribution in [-0.4, -0.2) is 41.8 Å². The fourth-order valence-electron chi connectivity index (χ4n) is 2.15. The van der Waals surface area contributed by atoms with Gasteiger partial charge in [-0.05, 0) is 44.0 Å². The maximum Gasteiger partial charge on any atom is 0.348 e. The maximum atomic E-state index is 11.7. The first kappa shape index (κ1) is 17.3. The molecule has 5 heteroatoms. The van der Waals surface area contributed by atoms with Gasteiger partial charge in [-0.1, -0.05) is 13.3 Å². The van der Waals surface area contributed by atoms with Gasteiger partial charge in [0.1, 0.15) is 18.2 Å². The quantitative estimate of drug-likeness (QED) is 0.337. The molecule has 21 heavy (non-hydrogen) atoms. The number of piperidine rings is 1. The summed E-state index contributed by atoms with van der Waals surface area (Å²) < 4.78 is 4.92. The van der Waals surface area contributed by atoms with Gasteiger partial charge in [0.15, 0.2) is 0 Å². The third-order valence-corrected chi connectivity index (χ3v) is 3.32. The third kappa shape index (κ3) is 6.96. The molecule has 5 nitrogen and oxygen atoms in total. The van der Waals surface area contributed by atoms with E-state index in [1.54, 1.807) is 6.08 Å². The highest BCUT2D eigenvalue weighted by Gasteiger charge is 2.12. The van der Waals surface area contributed by atoms with Crippen LogP contribution in [-0.2, 0) is 9.53 Å². The molecule has 0 aromatic heterocycles. The molecule has 0 spiro atoms. The SMILES string of the molecule is CCCC(O)COC(=O)/C(C#N)=C/C=C/N1CCCCC1. The van der Waals surface area contributed by atoms with Gasteiger partial charge in [0, 0.05) is 13.1 Å². The Bertz CT molecular complexity index is 418. The predicted molar refractivity (Wildman–Crippen MR) is 80.1 cm³/mol. The molecule has 1 aliphatic heterocycles. The molecule has 0 saturated carbocycles. The Hall–Kier alpha value is -1.80. The molecule has 0 aliphatic carbocycles. The minimum Gasteiger partial charge on any atom is -0.459 e. The highest BCUT2D eigenvalue weighted by molar-refractivity contribution is 5.93. The number of allylic oxidation sites excluding steroid dienone is 2. The average molecular weight is 292 g/mol. The van der Waals surface area contributed by atoms with Gasteiger partial charge in [0.2, 0.25) is 0 Å². The summed E-state index contributed by atoms with van der Waals surface area (Å²) in [4.78, 5) is 13.9. The lowest BCUT2D eigenvalue weighted by molar-refractivity contribution is -0.141. The molecule has 0 amide bonds. The fraction of sp³-hybridized carbons (Fsp3) is 0.625. The van der Waals surface area contributed by atoms with Gasteiger partial charge in [-0.15, -0.1) is 0 Å². The second-order valence-electron chi connectivity index (χ2n) is 5.17. The summed E-state index contributed by atoms with van der Waals surface area (Å²) in [6.45, 7) is 3.90. The zero-order valence-corrected chi connectivity index (χ0v) is 12.6. The number of rotatable bonds is 7. The molecule has 1 N–H and O–H groups in total. The molecule has 0 aromatic rings. The first-order valence-electron chi connectivity index (χ1n) is 7.55. The molecule has 1 fully saturated rings. The molecular formula is C16H24N2O3. The molecule has 0 bridgehead atoms. The van der Waals surface area contributed by atoms with Crippen molar-refractivity contribution in [2.24, 2.45) is 0 Å². The van der Waals surface area contributed by atoms with Crippen LogP contribution in [0.4, 0.5) is 0 Å². The van der Waals surface area contributed by atoms with Gasteiger partial charge in [0.05, 0.1) is 6.10 Å². The van der Waals surface area contributed by atoms with Gasteiger partial charge < -0.3 is 14.7 Å². The molecule has 1 unspecified atom stereocenters. The van der Waals surface area contributed by atoms with Crippen molar-refractivity contribution in [1.82, 2.24) is 4.90 Å².